The zero-order chi connectivity index (χ0) is 15.4. The number of amides is 1. The number of aliphatic hydroxyl groups excluding tert-OH is 1. The predicted molar refractivity (Wildman–Crippen MR) is 83.0 cm³/mol. The summed E-state index contributed by atoms with van der Waals surface area (Å²) in [5, 5.41) is 12.9. The average Bonchev–Trinajstić information content (AvgIpc) is 2.98. The number of aliphatic hydroxyl groups is 1. The third-order valence-corrected chi connectivity index (χ3v) is 3.88. The second kappa shape index (κ2) is 6.91. The van der Waals surface area contributed by atoms with E-state index >= 15 is 0 Å². The lowest BCUT2D eigenvalue weighted by atomic mass is 10.2. The van der Waals surface area contributed by atoms with Gasteiger partial charge in [-0.25, -0.2) is 0 Å². The molecule has 1 saturated heterocycles. The maximum absolute atomic E-state index is 12.2. The molecule has 1 amide bonds. The molecule has 0 aromatic carbocycles. The fourth-order valence-corrected chi connectivity index (χ4v) is 2.70. The maximum Gasteiger partial charge on any atom is 0.253 e. The predicted octanol–water partition coefficient (Wildman–Crippen LogP) is 0.362. The number of fused-ring (bicyclic) bond motifs is 1. The SMILES string of the molecule is O=C(NCC(O)CN1CCOCC1)c1ccn2ccccc12. The van der Waals surface area contributed by atoms with E-state index in [0.29, 0.717) is 25.3 Å². The van der Waals surface area contributed by atoms with Crippen LogP contribution in [-0.2, 0) is 4.74 Å². The smallest absolute Gasteiger partial charge is 0.253 e. The number of carbonyl (C=O) groups excluding carboxylic acids is 1. The van der Waals surface area contributed by atoms with E-state index in [9.17, 15) is 9.90 Å². The fourth-order valence-electron chi connectivity index (χ4n) is 2.70. The Bertz CT molecular complexity index is 634. The van der Waals surface area contributed by atoms with Crippen molar-refractivity contribution in [2.24, 2.45) is 0 Å². The Hall–Kier alpha value is -1.89. The van der Waals surface area contributed by atoms with Crippen LogP contribution in [0.5, 0.6) is 0 Å². The molecule has 3 heterocycles. The molecular weight excluding hydrogens is 282 g/mol. The van der Waals surface area contributed by atoms with Crippen molar-refractivity contribution in [3.05, 3.63) is 42.2 Å². The van der Waals surface area contributed by atoms with Gasteiger partial charge in [-0.2, -0.15) is 0 Å². The van der Waals surface area contributed by atoms with Gasteiger partial charge in [0.15, 0.2) is 0 Å². The highest BCUT2D eigenvalue weighted by molar-refractivity contribution is 6.01. The lowest BCUT2D eigenvalue weighted by Crippen LogP contribution is -2.44. The second-order valence-electron chi connectivity index (χ2n) is 5.50. The number of nitrogens with zero attached hydrogens (tertiary/aromatic N) is 2. The normalized spacial score (nSPS) is 17.5. The largest absolute Gasteiger partial charge is 0.390 e. The van der Waals surface area contributed by atoms with E-state index in [1.165, 1.54) is 0 Å². The van der Waals surface area contributed by atoms with Gasteiger partial charge in [-0.15, -0.1) is 0 Å². The molecule has 0 radical (unpaired) electrons. The van der Waals surface area contributed by atoms with Crippen LogP contribution >= 0.6 is 0 Å². The maximum atomic E-state index is 12.2. The number of carbonyl (C=O) groups is 1. The molecule has 2 aromatic rings. The van der Waals surface area contributed by atoms with Crippen molar-refractivity contribution < 1.29 is 14.6 Å². The highest BCUT2D eigenvalue weighted by Gasteiger charge is 2.16. The number of morpholine rings is 1. The van der Waals surface area contributed by atoms with Gasteiger partial charge in [-0.3, -0.25) is 9.69 Å². The monoisotopic (exact) mass is 303 g/mol. The summed E-state index contributed by atoms with van der Waals surface area (Å²) in [6.07, 6.45) is 3.18. The van der Waals surface area contributed by atoms with Crippen molar-refractivity contribution in [3.63, 3.8) is 0 Å². The van der Waals surface area contributed by atoms with Crippen LogP contribution in [0.4, 0.5) is 0 Å². The van der Waals surface area contributed by atoms with Gasteiger partial charge in [-0.1, -0.05) is 6.07 Å². The van der Waals surface area contributed by atoms with Crippen LogP contribution in [0.3, 0.4) is 0 Å². The molecule has 1 aliphatic heterocycles. The zero-order valence-electron chi connectivity index (χ0n) is 12.4. The Morgan fingerprint density at radius 2 is 2.09 bits per heavy atom. The number of nitrogens with one attached hydrogen (secondary N) is 1. The molecule has 118 valence electrons. The Balaban J connectivity index is 1.53. The van der Waals surface area contributed by atoms with Crippen LogP contribution in [0.1, 0.15) is 10.4 Å². The molecule has 1 unspecified atom stereocenters. The first kappa shape index (κ1) is 15.0. The molecule has 6 heteroatoms. The van der Waals surface area contributed by atoms with E-state index in [1.54, 1.807) is 6.07 Å². The third-order valence-electron chi connectivity index (χ3n) is 3.88. The highest BCUT2D eigenvalue weighted by Crippen LogP contribution is 2.12. The van der Waals surface area contributed by atoms with Gasteiger partial charge in [0.1, 0.15) is 0 Å². The molecule has 22 heavy (non-hydrogen) atoms. The Morgan fingerprint density at radius 1 is 1.27 bits per heavy atom. The molecule has 2 aromatic heterocycles. The van der Waals surface area contributed by atoms with Gasteiger partial charge in [-0.05, 0) is 18.2 Å². The molecule has 0 saturated carbocycles. The standard InChI is InChI=1S/C16H21N3O3/c20-13(12-18-7-9-22-10-8-18)11-17-16(21)14-4-6-19-5-2-1-3-15(14)19/h1-6,13,20H,7-12H2,(H,17,21). The molecule has 1 fully saturated rings. The third kappa shape index (κ3) is 3.47. The molecule has 0 spiro atoms. The highest BCUT2D eigenvalue weighted by atomic mass is 16.5. The van der Waals surface area contributed by atoms with Crippen molar-refractivity contribution >= 4 is 11.4 Å². The molecular formula is C16H21N3O3. The van der Waals surface area contributed by atoms with E-state index in [2.05, 4.69) is 10.2 Å². The summed E-state index contributed by atoms with van der Waals surface area (Å²) in [6.45, 7) is 3.87. The van der Waals surface area contributed by atoms with Crippen molar-refractivity contribution in [1.29, 1.82) is 0 Å². The number of pyridine rings is 1. The minimum Gasteiger partial charge on any atom is -0.390 e. The number of aromatic nitrogens is 1. The van der Waals surface area contributed by atoms with Crippen LogP contribution in [0.15, 0.2) is 36.7 Å². The molecule has 3 rings (SSSR count). The summed E-state index contributed by atoms with van der Waals surface area (Å²) >= 11 is 0. The van der Waals surface area contributed by atoms with E-state index in [1.807, 2.05) is 35.0 Å². The zero-order valence-corrected chi connectivity index (χ0v) is 12.4. The number of hydrogen-bond donors (Lipinski definition) is 2. The quantitative estimate of drug-likeness (QED) is 0.837. The van der Waals surface area contributed by atoms with Crippen molar-refractivity contribution in [1.82, 2.24) is 14.6 Å². The van der Waals surface area contributed by atoms with Crippen LogP contribution in [0.2, 0.25) is 0 Å². The summed E-state index contributed by atoms with van der Waals surface area (Å²) in [6, 6.07) is 7.51. The minimum absolute atomic E-state index is 0.158. The summed E-state index contributed by atoms with van der Waals surface area (Å²) in [4.78, 5) is 14.4. The summed E-state index contributed by atoms with van der Waals surface area (Å²) < 4.78 is 7.18. The van der Waals surface area contributed by atoms with Crippen LogP contribution in [0, 0.1) is 0 Å². The molecule has 1 atom stereocenters. The molecule has 0 aliphatic carbocycles. The van der Waals surface area contributed by atoms with Crippen molar-refractivity contribution in [3.8, 4) is 0 Å². The molecule has 2 N–H and O–H groups in total. The topological polar surface area (TPSA) is 66.2 Å². The van der Waals surface area contributed by atoms with E-state index in [-0.39, 0.29) is 12.5 Å². The Kier molecular flexibility index (Phi) is 4.72. The van der Waals surface area contributed by atoms with E-state index in [0.717, 1.165) is 18.6 Å². The van der Waals surface area contributed by atoms with Gasteiger partial charge < -0.3 is 19.6 Å². The van der Waals surface area contributed by atoms with Crippen LogP contribution in [0.25, 0.3) is 5.52 Å². The van der Waals surface area contributed by atoms with Crippen LogP contribution in [-0.4, -0.2) is 65.8 Å². The number of β-amino-alcohol motifs (C(OH)–C–C–N with tert-alkyl or cyclic N) is 1. The Labute approximate surface area is 129 Å². The first-order chi connectivity index (χ1) is 10.7. The van der Waals surface area contributed by atoms with Gasteiger partial charge in [0, 0.05) is 38.6 Å². The lowest BCUT2D eigenvalue weighted by molar-refractivity contribution is 0.0149. The van der Waals surface area contributed by atoms with Gasteiger partial charge in [0.25, 0.3) is 5.91 Å². The second-order valence-corrected chi connectivity index (χ2v) is 5.50. The first-order valence-electron chi connectivity index (χ1n) is 7.56. The summed E-state index contributed by atoms with van der Waals surface area (Å²) in [5.41, 5.74) is 1.49. The summed E-state index contributed by atoms with van der Waals surface area (Å²) in [5.74, 6) is -0.158. The Morgan fingerprint density at radius 3 is 2.91 bits per heavy atom. The minimum atomic E-state index is -0.573. The summed E-state index contributed by atoms with van der Waals surface area (Å²) in [7, 11) is 0. The van der Waals surface area contributed by atoms with Gasteiger partial charge in [0.05, 0.1) is 30.4 Å². The van der Waals surface area contributed by atoms with Gasteiger partial charge >= 0.3 is 0 Å². The number of hydrogen-bond acceptors (Lipinski definition) is 4. The van der Waals surface area contributed by atoms with Crippen molar-refractivity contribution in [2.45, 2.75) is 6.10 Å². The first-order valence-corrected chi connectivity index (χ1v) is 7.56. The number of rotatable bonds is 5. The molecule has 0 bridgehead atoms. The van der Waals surface area contributed by atoms with E-state index in [4.69, 9.17) is 4.74 Å². The molecule has 6 nitrogen and oxygen atoms in total. The van der Waals surface area contributed by atoms with E-state index < -0.39 is 6.10 Å². The fraction of sp³-hybridized carbons (Fsp3) is 0.438. The van der Waals surface area contributed by atoms with Gasteiger partial charge in [0.2, 0.25) is 0 Å². The lowest BCUT2D eigenvalue weighted by Gasteiger charge is -2.28. The van der Waals surface area contributed by atoms with Crippen LogP contribution < -0.4 is 5.32 Å². The van der Waals surface area contributed by atoms with Crippen molar-refractivity contribution in [2.75, 3.05) is 39.4 Å². The number of ether oxygens (including phenoxy) is 1. The molecule has 1 aliphatic rings. The average molecular weight is 303 g/mol.